The molecule has 0 saturated carbocycles. The summed E-state index contributed by atoms with van der Waals surface area (Å²) in [6.45, 7) is 14.1. The molecule has 1 aliphatic heterocycles. The lowest BCUT2D eigenvalue weighted by atomic mass is 10.0. The minimum Gasteiger partial charge on any atom is -0.357 e. The highest BCUT2D eigenvalue weighted by atomic mass is 15.3. The van der Waals surface area contributed by atoms with Gasteiger partial charge in [0.05, 0.1) is 6.54 Å². The van der Waals surface area contributed by atoms with E-state index < -0.39 is 0 Å². The van der Waals surface area contributed by atoms with Gasteiger partial charge in [-0.2, -0.15) is 0 Å². The zero-order valence-electron chi connectivity index (χ0n) is 17.7. The first-order valence-electron chi connectivity index (χ1n) is 10.6. The molecule has 0 spiro atoms. The molecule has 1 aliphatic rings. The number of benzene rings is 1. The first-order chi connectivity index (χ1) is 13.1. The number of guanidine groups is 1. The predicted octanol–water partition coefficient (Wildman–Crippen LogP) is 2.45. The van der Waals surface area contributed by atoms with Gasteiger partial charge in [-0.05, 0) is 38.3 Å². The van der Waals surface area contributed by atoms with Crippen LogP contribution in [0.2, 0.25) is 0 Å². The zero-order chi connectivity index (χ0) is 19.5. The monoisotopic (exact) mass is 373 g/mol. The normalized spacial score (nSPS) is 17.9. The van der Waals surface area contributed by atoms with Crippen LogP contribution >= 0.6 is 0 Å². The van der Waals surface area contributed by atoms with Gasteiger partial charge in [-0.15, -0.1) is 0 Å². The third-order valence-electron chi connectivity index (χ3n) is 5.33. The van der Waals surface area contributed by atoms with Gasteiger partial charge in [0.25, 0.3) is 0 Å². The quantitative estimate of drug-likeness (QED) is 0.396. The van der Waals surface area contributed by atoms with Gasteiger partial charge in [-0.1, -0.05) is 44.2 Å². The highest BCUT2D eigenvalue weighted by molar-refractivity contribution is 5.79. The molecule has 5 nitrogen and oxygen atoms in total. The Morgan fingerprint density at radius 3 is 2.41 bits per heavy atom. The Morgan fingerprint density at radius 1 is 1.07 bits per heavy atom. The van der Waals surface area contributed by atoms with Crippen LogP contribution in [-0.4, -0.2) is 74.7 Å². The Kier molecular flexibility index (Phi) is 9.64. The number of likely N-dealkylation sites (N-methyl/N-ethyl adjacent to an activating group) is 1. The number of hydrogen-bond acceptors (Lipinski definition) is 3. The Hall–Kier alpha value is -1.59. The third-order valence-corrected chi connectivity index (χ3v) is 5.33. The van der Waals surface area contributed by atoms with E-state index in [4.69, 9.17) is 4.99 Å². The maximum atomic E-state index is 4.91. The summed E-state index contributed by atoms with van der Waals surface area (Å²) in [6.07, 6.45) is 2.21. The molecule has 1 saturated heterocycles. The second kappa shape index (κ2) is 12.0. The van der Waals surface area contributed by atoms with Crippen LogP contribution in [0, 0.1) is 5.92 Å². The Balaban J connectivity index is 1.82. The number of hydrogen-bond donors (Lipinski definition) is 2. The van der Waals surface area contributed by atoms with Gasteiger partial charge in [-0.3, -0.25) is 9.89 Å². The van der Waals surface area contributed by atoms with E-state index in [9.17, 15) is 0 Å². The van der Waals surface area contributed by atoms with Crippen molar-refractivity contribution in [2.75, 3.05) is 52.9 Å². The van der Waals surface area contributed by atoms with Crippen molar-refractivity contribution in [3.05, 3.63) is 35.9 Å². The predicted molar refractivity (Wildman–Crippen MR) is 116 cm³/mol. The van der Waals surface area contributed by atoms with Crippen LogP contribution in [0.25, 0.3) is 0 Å². The van der Waals surface area contributed by atoms with Crippen LogP contribution in [0.15, 0.2) is 35.3 Å². The van der Waals surface area contributed by atoms with E-state index in [0.29, 0.717) is 12.0 Å². The largest absolute Gasteiger partial charge is 0.357 e. The van der Waals surface area contributed by atoms with E-state index in [1.54, 1.807) is 0 Å². The van der Waals surface area contributed by atoms with Crippen LogP contribution < -0.4 is 10.6 Å². The summed E-state index contributed by atoms with van der Waals surface area (Å²) in [6, 6.07) is 11.2. The first kappa shape index (κ1) is 21.7. The van der Waals surface area contributed by atoms with E-state index in [1.807, 2.05) is 0 Å². The highest BCUT2D eigenvalue weighted by Gasteiger charge is 2.24. The summed E-state index contributed by atoms with van der Waals surface area (Å²) in [7, 11) is 2.21. The molecule has 27 heavy (non-hydrogen) atoms. The molecule has 0 aliphatic carbocycles. The van der Waals surface area contributed by atoms with E-state index in [1.165, 1.54) is 5.56 Å². The molecule has 152 valence electrons. The van der Waals surface area contributed by atoms with Gasteiger partial charge in [0.15, 0.2) is 5.96 Å². The van der Waals surface area contributed by atoms with Crippen molar-refractivity contribution in [3.63, 3.8) is 0 Å². The molecular formula is C22H39N5. The Morgan fingerprint density at radius 2 is 1.78 bits per heavy atom. The van der Waals surface area contributed by atoms with Gasteiger partial charge >= 0.3 is 0 Å². The van der Waals surface area contributed by atoms with Crippen LogP contribution in [0.1, 0.15) is 32.8 Å². The van der Waals surface area contributed by atoms with Crippen LogP contribution in [0.3, 0.4) is 0 Å². The summed E-state index contributed by atoms with van der Waals surface area (Å²) in [5.41, 5.74) is 1.40. The van der Waals surface area contributed by atoms with Crippen LogP contribution in [0.5, 0.6) is 0 Å². The summed E-state index contributed by atoms with van der Waals surface area (Å²) < 4.78 is 0. The number of rotatable bonds is 9. The average molecular weight is 374 g/mol. The number of nitrogens with one attached hydrogen (secondary N) is 2. The molecule has 1 atom stereocenters. The molecule has 5 heteroatoms. The lowest BCUT2D eigenvalue weighted by molar-refractivity contribution is 0.0925. The van der Waals surface area contributed by atoms with Gasteiger partial charge in [0.2, 0.25) is 0 Å². The molecule has 0 amide bonds. The van der Waals surface area contributed by atoms with Crippen LogP contribution in [0.4, 0.5) is 0 Å². The van der Waals surface area contributed by atoms with Crippen molar-refractivity contribution in [1.29, 1.82) is 0 Å². The van der Waals surface area contributed by atoms with Gasteiger partial charge < -0.3 is 15.5 Å². The number of nitrogens with zero attached hydrogens (tertiary/aromatic N) is 3. The van der Waals surface area contributed by atoms with Crippen molar-refractivity contribution in [3.8, 4) is 0 Å². The van der Waals surface area contributed by atoms with E-state index >= 15 is 0 Å². The van der Waals surface area contributed by atoms with E-state index in [2.05, 4.69) is 78.6 Å². The zero-order valence-corrected chi connectivity index (χ0v) is 17.7. The van der Waals surface area contributed by atoms with Crippen LogP contribution in [-0.2, 0) is 6.42 Å². The molecule has 0 radical (unpaired) electrons. The summed E-state index contributed by atoms with van der Waals surface area (Å²) in [5, 5.41) is 6.91. The van der Waals surface area contributed by atoms with Gasteiger partial charge in [-0.25, -0.2) is 0 Å². The molecular weight excluding hydrogens is 334 g/mol. The number of aliphatic imine (C=N–C) groups is 1. The molecule has 1 fully saturated rings. The van der Waals surface area contributed by atoms with Gasteiger partial charge in [0, 0.05) is 45.3 Å². The smallest absolute Gasteiger partial charge is 0.191 e. The fourth-order valence-corrected chi connectivity index (χ4v) is 3.57. The standard InChI is InChI=1S/C22H39N5/c1-5-23-22(24-13-9-12-20-10-7-6-8-11-20)25-18-21(19(2)3)27-16-14-26(4)15-17-27/h6-8,10-11,19,21H,5,9,12-18H2,1-4H3,(H2,23,24,25). The van der Waals surface area contributed by atoms with Crippen molar-refractivity contribution in [2.24, 2.45) is 10.9 Å². The number of aryl methyl sites for hydroxylation is 1. The van der Waals surface area contributed by atoms with Gasteiger partial charge in [0.1, 0.15) is 0 Å². The second-order valence-corrected chi connectivity index (χ2v) is 7.89. The summed E-state index contributed by atoms with van der Waals surface area (Å²) in [4.78, 5) is 9.94. The third kappa shape index (κ3) is 7.89. The fraction of sp³-hybridized carbons (Fsp3) is 0.682. The van der Waals surface area contributed by atoms with Crippen molar-refractivity contribution >= 4 is 5.96 Å². The second-order valence-electron chi connectivity index (χ2n) is 7.89. The first-order valence-corrected chi connectivity index (χ1v) is 10.6. The molecule has 0 aromatic heterocycles. The minimum atomic E-state index is 0.512. The molecule has 1 aromatic rings. The van der Waals surface area contributed by atoms with E-state index in [-0.39, 0.29) is 0 Å². The molecule has 2 rings (SSSR count). The van der Waals surface area contributed by atoms with Crippen molar-refractivity contribution in [2.45, 2.75) is 39.7 Å². The fourth-order valence-electron chi connectivity index (χ4n) is 3.57. The minimum absolute atomic E-state index is 0.512. The molecule has 1 aromatic carbocycles. The Bertz CT molecular complexity index is 535. The number of piperazine rings is 1. The lowest BCUT2D eigenvalue weighted by Crippen LogP contribution is -2.52. The maximum absolute atomic E-state index is 4.91. The topological polar surface area (TPSA) is 42.9 Å². The molecule has 0 bridgehead atoms. The summed E-state index contributed by atoms with van der Waals surface area (Å²) >= 11 is 0. The molecule has 1 unspecified atom stereocenters. The van der Waals surface area contributed by atoms with Crippen molar-refractivity contribution < 1.29 is 0 Å². The Labute approximate surface area is 166 Å². The maximum Gasteiger partial charge on any atom is 0.191 e. The average Bonchev–Trinajstić information content (AvgIpc) is 2.67. The lowest BCUT2D eigenvalue weighted by Gasteiger charge is -2.39. The van der Waals surface area contributed by atoms with Crippen molar-refractivity contribution in [1.82, 2.24) is 20.4 Å². The highest BCUT2D eigenvalue weighted by Crippen LogP contribution is 2.14. The van der Waals surface area contributed by atoms with E-state index in [0.717, 1.165) is 64.6 Å². The molecule has 1 heterocycles. The summed E-state index contributed by atoms with van der Waals surface area (Å²) in [5.74, 6) is 1.56. The SMILES string of the molecule is CCNC(=NCC(C(C)C)N1CCN(C)CC1)NCCCc1ccccc1. The molecule has 2 N–H and O–H groups in total.